The summed E-state index contributed by atoms with van der Waals surface area (Å²) < 4.78 is 26.6. The molecule has 1 aliphatic heterocycles. The Morgan fingerprint density at radius 2 is 2.14 bits per heavy atom. The quantitative estimate of drug-likeness (QED) is 0.854. The van der Waals surface area contributed by atoms with E-state index in [0.29, 0.717) is 28.7 Å². The van der Waals surface area contributed by atoms with Crippen LogP contribution in [0.5, 0.6) is 0 Å². The minimum Gasteiger partial charge on any atom is -0.398 e. The predicted molar refractivity (Wildman–Crippen MR) is 86.0 cm³/mol. The van der Waals surface area contributed by atoms with Crippen molar-refractivity contribution in [3.05, 3.63) is 22.7 Å². The number of nitrogen functional groups attached to an aromatic ring is 1. The van der Waals surface area contributed by atoms with Gasteiger partial charge in [0.2, 0.25) is 10.0 Å². The van der Waals surface area contributed by atoms with Crippen molar-refractivity contribution in [2.24, 2.45) is 5.92 Å². The molecule has 0 spiro atoms. The van der Waals surface area contributed by atoms with E-state index in [4.69, 9.17) is 17.3 Å². The van der Waals surface area contributed by atoms with Crippen LogP contribution in [0.15, 0.2) is 17.0 Å². The lowest BCUT2D eigenvalue weighted by Gasteiger charge is -2.21. The third-order valence-corrected chi connectivity index (χ3v) is 6.26. The number of sulfonamides is 1. The van der Waals surface area contributed by atoms with Crippen LogP contribution in [0.25, 0.3) is 0 Å². The van der Waals surface area contributed by atoms with Crippen molar-refractivity contribution in [2.45, 2.75) is 18.2 Å². The molecule has 1 aromatic carbocycles. The molecule has 21 heavy (non-hydrogen) atoms. The smallest absolute Gasteiger partial charge is 0.242 e. The predicted octanol–water partition coefficient (Wildman–Crippen LogP) is 1.80. The van der Waals surface area contributed by atoms with E-state index in [2.05, 4.69) is 11.9 Å². The summed E-state index contributed by atoms with van der Waals surface area (Å²) in [6.45, 7) is 4.22. The fraction of sp³-hybridized carbons (Fsp3) is 0.571. The summed E-state index contributed by atoms with van der Waals surface area (Å²) >= 11 is 6.05. The molecule has 0 aromatic heterocycles. The lowest BCUT2D eigenvalue weighted by molar-refractivity contribution is 0.357. The summed E-state index contributed by atoms with van der Waals surface area (Å²) in [4.78, 5) is 2.37. The van der Waals surface area contributed by atoms with Gasteiger partial charge >= 0.3 is 0 Å². The Bertz CT molecular complexity index is 610. The second-order valence-corrected chi connectivity index (χ2v) is 8.27. The Labute approximate surface area is 131 Å². The number of likely N-dealkylation sites (tertiary alicyclic amines) is 1. The average molecular weight is 332 g/mol. The van der Waals surface area contributed by atoms with Gasteiger partial charge in [-0.05, 0) is 50.6 Å². The molecule has 0 radical (unpaired) electrons. The minimum absolute atomic E-state index is 0.157. The van der Waals surface area contributed by atoms with E-state index in [1.807, 2.05) is 0 Å². The molecule has 1 aromatic rings. The van der Waals surface area contributed by atoms with Crippen molar-refractivity contribution in [2.75, 3.05) is 39.5 Å². The van der Waals surface area contributed by atoms with Gasteiger partial charge in [-0.3, -0.25) is 0 Å². The van der Waals surface area contributed by atoms with Gasteiger partial charge in [0.05, 0.1) is 4.90 Å². The van der Waals surface area contributed by atoms with E-state index in [0.717, 1.165) is 19.5 Å². The molecule has 1 saturated heterocycles. The summed E-state index contributed by atoms with van der Waals surface area (Å²) in [5.74, 6) is 0.369. The number of rotatable bonds is 4. The molecule has 1 aliphatic rings. The average Bonchev–Trinajstić information content (AvgIpc) is 2.80. The minimum atomic E-state index is -3.56. The van der Waals surface area contributed by atoms with Gasteiger partial charge in [-0.15, -0.1) is 0 Å². The molecule has 0 saturated carbocycles. The molecule has 1 fully saturated rings. The summed E-state index contributed by atoms with van der Waals surface area (Å²) in [5.41, 5.74) is 6.93. The maximum absolute atomic E-state index is 12.6. The van der Waals surface area contributed by atoms with Crippen molar-refractivity contribution < 1.29 is 8.42 Å². The Morgan fingerprint density at radius 1 is 1.48 bits per heavy atom. The highest BCUT2D eigenvalue weighted by molar-refractivity contribution is 7.89. The summed E-state index contributed by atoms with van der Waals surface area (Å²) in [6.07, 6.45) is 1.02. The zero-order valence-corrected chi connectivity index (χ0v) is 14.2. The first-order valence-corrected chi connectivity index (χ1v) is 8.74. The van der Waals surface area contributed by atoms with Gasteiger partial charge in [-0.2, -0.15) is 0 Å². The maximum Gasteiger partial charge on any atom is 0.242 e. The zero-order chi connectivity index (χ0) is 15.8. The number of anilines is 1. The number of halogens is 1. The number of hydrogen-bond acceptors (Lipinski definition) is 4. The van der Waals surface area contributed by atoms with E-state index in [1.165, 1.54) is 16.4 Å². The highest BCUT2D eigenvalue weighted by atomic mass is 35.5. The highest BCUT2D eigenvalue weighted by Crippen LogP contribution is 2.28. The molecule has 0 aliphatic carbocycles. The number of nitrogens with two attached hydrogens (primary N) is 1. The van der Waals surface area contributed by atoms with Gasteiger partial charge in [0.15, 0.2) is 0 Å². The molecule has 7 heteroatoms. The third kappa shape index (κ3) is 3.51. The maximum atomic E-state index is 12.6. The van der Waals surface area contributed by atoms with Crippen molar-refractivity contribution in [1.29, 1.82) is 0 Å². The molecule has 2 N–H and O–H groups in total. The van der Waals surface area contributed by atoms with Crippen molar-refractivity contribution >= 4 is 27.3 Å². The lowest BCUT2D eigenvalue weighted by Crippen LogP contribution is -2.33. The normalized spacial score (nSPS) is 20.3. The van der Waals surface area contributed by atoms with E-state index < -0.39 is 10.0 Å². The zero-order valence-electron chi connectivity index (χ0n) is 12.6. The van der Waals surface area contributed by atoms with Crippen molar-refractivity contribution in [3.63, 3.8) is 0 Å². The van der Waals surface area contributed by atoms with Crippen LogP contribution < -0.4 is 5.73 Å². The van der Waals surface area contributed by atoms with Crippen LogP contribution in [0.2, 0.25) is 5.02 Å². The summed E-state index contributed by atoms with van der Waals surface area (Å²) in [7, 11) is 0.104. The molecule has 1 heterocycles. The highest BCUT2D eigenvalue weighted by Gasteiger charge is 2.27. The Morgan fingerprint density at radius 3 is 2.67 bits per heavy atom. The van der Waals surface area contributed by atoms with Gasteiger partial charge in [0.25, 0.3) is 0 Å². The molecular weight excluding hydrogens is 310 g/mol. The van der Waals surface area contributed by atoms with Crippen LogP contribution in [-0.2, 0) is 10.0 Å². The van der Waals surface area contributed by atoms with Gasteiger partial charge in [0.1, 0.15) is 0 Å². The van der Waals surface area contributed by atoms with Gasteiger partial charge in [-0.25, -0.2) is 12.7 Å². The number of hydrogen-bond donors (Lipinski definition) is 1. The fourth-order valence-corrected chi connectivity index (χ4v) is 4.24. The van der Waals surface area contributed by atoms with Crippen LogP contribution in [-0.4, -0.2) is 51.4 Å². The van der Waals surface area contributed by atoms with E-state index in [1.54, 1.807) is 14.0 Å². The molecule has 1 atom stereocenters. The summed E-state index contributed by atoms with van der Waals surface area (Å²) in [5, 5.41) is 0.377. The largest absolute Gasteiger partial charge is 0.398 e. The Kier molecular flexibility index (Phi) is 4.82. The SMILES string of the molecule is Cc1c(N)cc(S(=O)(=O)N(C)CC2CCN(C)C2)cc1Cl. The van der Waals surface area contributed by atoms with Crippen LogP contribution in [0.4, 0.5) is 5.69 Å². The van der Waals surface area contributed by atoms with Crippen molar-refractivity contribution in [1.82, 2.24) is 9.21 Å². The molecule has 118 valence electrons. The van der Waals surface area contributed by atoms with Crippen molar-refractivity contribution in [3.8, 4) is 0 Å². The monoisotopic (exact) mass is 331 g/mol. The number of benzene rings is 1. The first kappa shape index (κ1) is 16.5. The van der Waals surface area contributed by atoms with Crippen LogP contribution >= 0.6 is 11.6 Å². The van der Waals surface area contributed by atoms with E-state index in [9.17, 15) is 8.42 Å². The van der Waals surface area contributed by atoms with Gasteiger partial charge in [-0.1, -0.05) is 11.6 Å². The first-order chi connectivity index (χ1) is 9.71. The summed E-state index contributed by atoms with van der Waals surface area (Å²) in [6, 6.07) is 2.95. The first-order valence-electron chi connectivity index (χ1n) is 6.92. The molecule has 0 bridgehead atoms. The second-order valence-electron chi connectivity index (χ2n) is 5.82. The van der Waals surface area contributed by atoms with Gasteiger partial charge < -0.3 is 10.6 Å². The molecule has 1 unspecified atom stereocenters. The lowest BCUT2D eigenvalue weighted by atomic mass is 10.1. The van der Waals surface area contributed by atoms with Crippen LogP contribution in [0.3, 0.4) is 0 Å². The topological polar surface area (TPSA) is 66.6 Å². The Hall–Kier alpha value is -0.820. The van der Waals surface area contributed by atoms with Gasteiger partial charge in [0, 0.05) is 30.8 Å². The molecule has 5 nitrogen and oxygen atoms in total. The Balaban J connectivity index is 2.21. The second kappa shape index (κ2) is 6.12. The molecule has 0 amide bonds. The standard InChI is InChI=1S/C14H22ClN3O2S/c1-10-13(15)6-12(7-14(10)16)21(19,20)18(3)9-11-4-5-17(2)8-11/h6-7,11H,4-5,8-9,16H2,1-3H3. The van der Waals surface area contributed by atoms with Crippen LogP contribution in [0, 0.1) is 12.8 Å². The third-order valence-electron chi connectivity index (χ3n) is 4.07. The van der Waals surface area contributed by atoms with E-state index in [-0.39, 0.29) is 4.90 Å². The number of nitrogens with zero attached hydrogens (tertiary/aromatic N) is 2. The van der Waals surface area contributed by atoms with Crippen LogP contribution in [0.1, 0.15) is 12.0 Å². The van der Waals surface area contributed by atoms with E-state index >= 15 is 0 Å². The molecule has 2 rings (SSSR count). The molecular formula is C14H22ClN3O2S. The fourth-order valence-electron chi connectivity index (χ4n) is 2.64.